The van der Waals surface area contributed by atoms with E-state index in [1.807, 2.05) is 6.07 Å². The van der Waals surface area contributed by atoms with Gasteiger partial charge in [-0.2, -0.15) is 5.10 Å². The molecule has 22 heavy (non-hydrogen) atoms. The number of rotatable bonds is 4. The first-order chi connectivity index (χ1) is 10.7. The lowest BCUT2D eigenvalue weighted by atomic mass is 10.1. The van der Waals surface area contributed by atoms with Crippen LogP contribution in [0.4, 0.5) is 5.69 Å². The lowest BCUT2D eigenvalue weighted by Crippen LogP contribution is -1.98. The maximum absolute atomic E-state index is 10.8. The van der Waals surface area contributed by atoms with Crippen molar-refractivity contribution in [2.24, 2.45) is 5.18 Å². The Labute approximate surface area is 125 Å². The molecule has 0 aliphatic carbocycles. The number of hydrogen-bond donors (Lipinski definition) is 1. The Morgan fingerprint density at radius 1 is 1.09 bits per heavy atom. The van der Waals surface area contributed by atoms with Crippen LogP contribution in [0, 0.1) is 4.91 Å². The van der Waals surface area contributed by atoms with Gasteiger partial charge < -0.3 is 5.11 Å². The average Bonchev–Trinajstić information content (AvgIpc) is 3.04. The molecule has 3 rings (SSSR count). The fourth-order valence-electron chi connectivity index (χ4n) is 2.16. The van der Waals surface area contributed by atoms with Crippen molar-refractivity contribution >= 4 is 11.7 Å². The van der Waals surface area contributed by atoms with E-state index < -0.39 is 5.97 Å². The molecule has 1 aromatic heterocycles. The number of benzene rings is 2. The van der Waals surface area contributed by atoms with Gasteiger partial charge in [0, 0.05) is 17.3 Å². The van der Waals surface area contributed by atoms with E-state index in [1.165, 1.54) is 12.1 Å². The number of aromatic nitrogens is 2. The van der Waals surface area contributed by atoms with E-state index in [4.69, 9.17) is 5.11 Å². The zero-order valence-corrected chi connectivity index (χ0v) is 11.4. The Bertz CT molecular complexity index is 838. The highest BCUT2D eigenvalue weighted by Gasteiger charge is 2.09. The van der Waals surface area contributed by atoms with Gasteiger partial charge in [-0.05, 0) is 35.5 Å². The van der Waals surface area contributed by atoms with Crippen molar-refractivity contribution in [1.29, 1.82) is 0 Å². The third kappa shape index (κ3) is 2.49. The highest BCUT2D eigenvalue weighted by molar-refractivity contribution is 5.87. The Kier molecular flexibility index (Phi) is 3.49. The average molecular weight is 293 g/mol. The maximum Gasteiger partial charge on any atom is 0.335 e. The zero-order valence-electron chi connectivity index (χ0n) is 11.4. The van der Waals surface area contributed by atoms with Gasteiger partial charge in [0.25, 0.3) is 0 Å². The first-order valence-corrected chi connectivity index (χ1v) is 6.50. The molecular formula is C16H11N3O3. The Balaban J connectivity index is 1.97. The molecule has 0 bridgehead atoms. The number of aromatic carboxylic acids is 1. The van der Waals surface area contributed by atoms with E-state index in [0.29, 0.717) is 11.3 Å². The predicted molar refractivity (Wildman–Crippen MR) is 81.4 cm³/mol. The summed E-state index contributed by atoms with van der Waals surface area (Å²) in [5, 5.41) is 16.1. The summed E-state index contributed by atoms with van der Waals surface area (Å²) in [6.45, 7) is 0. The summed E-state index contributed by atoms with van der Waals surface area (Å²) in [4.78, 5) is 21.7. The molecule has 6 nitrogen and oxygen atoms in total. The molecule has 1 N–H and O–H groups in total. The van der Waals surface area contributed by atoms with Crippen LogP contribution >= 0.6 is 0 Å². The van der Waals surface area contributed by atoms with Crippen molar-refractivity contribution in [1.82, 2.24) is 9.78 Å². The number of carbonyl (C=O) groups is 1. The van der Waals surface area contributed by atoms with Crippen LogP contribution < -0.4 is 0 Å². The van der Waals surface area contributed by atoms with Gasteiger partial charge in [0.15, 0.2) is 0 Å². The summed E-state index contributed by atoms with van der Waals surface area (Å²) < 4.78 is 1.61. The number of nitrogens with zero attached hydrogens (tertiary/aromatic N) is 3. The number of nitroso groups, excluding NO2 is 1. The molecule has 0 saturated heterocycles. The quantitative estimate of drug-likeness (QED) is 0.744. The fraction of sp³-hybridized carbons (Fsp3) is 0. The summed E-state index contributed by atoms with van der Waals surface area (Å²) in [6, 6.07) is 13.4. The second-order valence-corrected chi connectivity index (χ2v) is 4.63. The van der Waals surface area contributed by atoms with Crippen molar-refractivity contribution < 1.29 is 9.90 Å². The first kappa shape index (κ1) is 13.7. The van der Waals surface area contributed by atoms with Gasteiger partial charge in [-0.1, -0.05) is 18.2 Å². The highest BCUT2D eigenvalue weighted by Crippen LogP contribution is 2.29. The summed E-state index contributed by atoms with van der Waals surface area (Å²) in [5.41, 5.74) is 2.76. The first-order valence-electron chi connectivity index (χ1n) is 6.50. The Morgan fingerprint density at radius 3 is 2.50 bits per heavy atom. The van der Waals surface area contributed by atoms with Gasteiger partial charge >= 0.3 is 5.97 Å². The molecule has 0 atom stereocenters. The molecule has 1 heterocycles. The number of carboxylic acid groups (broad SMARTS) is 1. The van der Waals surface area contributed by atoms with E-state index in [9.17, 15) is 9.70 Å². The molecule has 0 aliphatic heterocycles. The van der Waals surface area contributed by atoms with Crippen molar-refractivity contribution in [3.8, 4) is 16.8 Å². The number of hydrogen-bond acceptors (Lipinski definition) is 4. The molecule has 0 spiro atoms. The molecule has 6 heteroatoms. The monoisotopic (exact) mass is 293 g/mol. The van der Waals surface area contributed by atoms with Crippen LogP contribution in [0.2, 0.25) is 0 Å². The molecule has 0 saturated carbocycles. The minimum atomic E-state index is -0.973. The zero-order chi connectivity index (χ0) is 15.5. The molecule has 3 aromatic rings. The second kappa shape index (κ2) is 5.61. The minimum absolute atomic E-state index is 0.214. The lowest BCUT2D eigenvalue weighted by Gasteiger charge is -2.02. The lowest BCUT2D eigenvalue weighted by molar-refractivity contribution is 0.0697. The van der Waals surface area contributed by atoms with Crippen molar-refractivity contribution in [2.45, 2.75) is 0 Å². The van der Waals surface area contributed by atoms with Gasteiger partial charge in [0.05, 0.1) is 17.4 Å². The van der Waals surface area contributed by atoms with Crippen LogP contribution in [-0.4, -0.2) is 20.9 Å². The van der Waals surface area contributed by atoms with E-state index in [2.05, 4.69) is 10.3 Å². The van der Waals surface area contributed by atoms with Crippen molar-refractivity contribution in [3.63, 3.8) is 0 Å². The Morgan fingerprint density at radius 2 is 1.82 bits per heavy atom. The maximum atomic E-state index is 10.8. The summed E-state index contributed by atoms with van der Waals surface area (Å²) in [7, 11) is 0. The molecule has 0 aliphatic rings. The van der Waals surface area contributed by atoms with E-state index in [0.717, 1.165) is 11.3 Å². The van der Waals surface area contributed by atoms with Crippen LogP contribution in [0.3, 0.4) is 0 Å². The third-order valence-electron chi connectivity index (χ3n) is 3.27. The summed E-state index contributed by atoms with van der Waals surface area (Å²) in [5.74, 6) is -0.973. The van der Waals surface area contributed by atoms with E-state index in [1.54, 1.807) is 47.4 Å². The standard InChI is InChI=1S/C16H11N3O3/c20-16(21)11-5-7-13(8-6-11)19-10-12(9-17-19)14-3-1-2-4-15(14)18-22/h1-10H,(H,20,21). The molecule has 108 valence electrons. The minimum Gasteiger partial charge on any atom is -0.478 e. The molecule has 0 unspecified atom stereocenters. The molecule has 2 aromatic carbocycles. The van der Waals surface area contributed by atoms with Crippen LogP contribution in [0.5, 0.6) is 0 Å². The fourth-order valence-corrected chi connectivity index (χ4v) is 2.16. The van der Waals surface area contributed by atoms with Crippen LogP contribution in [0.15, 0.2) is 66.1 Å². The largest absolute Gasteiger partial charge is 0.478 e. The van der Waals surface area contributed by atoms with E-state index in [-0.39, 0.29) is 5.56 Å². The van der Waals surface area contributed by atoms with Gasteiger partial charge in [0.1, 0.15) is 5.69 Å². The Hall–Kier alpha value is -3.28. The molecule has 0 fully saturated rings. The van der Waals surface area contributed by atoms with Crippen molar-refractivity contribution in [3.05, 3.63) is 71.4 Å². The third-order valence-corrected chi connectivity index (χ3v) is 3.27. The highest BCUT2D eigenvalue weighted by atomic mass is 16.4. The van der Waals surface area contributed by atoms with Crippen LogP contribution in [0.25, 0.3) is 16.8 Å². The summed E-state index contributed by atoms with van der Waals surface area (Å²) >= 11 is 0. The van der Waals surface area contributed by atoms with Gasteiger partial charge in [-0.25, -0.2) is 9.48 Å². The summed E-state index contributed by atoms with van der Waals surface area (Å²) in [6.07, 6.45) is 3.40. The predicted octanol–water partition coefficient (Wildman–Crippen LogP) is 3.64. The second-order valence-electron chi connectivity index (χ2n) is 4.63. The normalized spacial score (nSPS) is 10.4. The SMILES string of the molecule is O=Nc1ccccc1-c1cnn(-c2ccc(C(=O)O)cc2)c1. The van der Waals surface area contributed by atoms with Gasteiger partial charge in [-0.3, -0.25) is 0 Å². The smallest absolute Gasteiger partial charge is 0.335 e. The van der Waals surface area contributed by atoms with Gasteiger partial charge in [-0.15, -0.1) is 4.91 Å². The number of carboxylic acids is 1. The molecular weight excluding hydrogens is 282 g/mol. The van der Waals surface area contributed by atoms with Crippen molar-refractivity contribution in [2.75, 3.05) is 0 Å². The van der Waals surface area contributed by atoms with Crippen LogP contribution in [0.1, 0.15) is 10.4 Å². The molecule has 0 amide bonds. The van der Waals surface area contributed by atoms with Gasteiger partial charge in [0.2, 0.25) is 0 Å². The molecule has 0 radical (unpaired) electrons. The van der Waals surface area contributed by atoms with Crippen LogP contribution in [-0.2, 0) is 0 Å². The topological polar surface area (TPSA) is 84.5 Å². The van der Waals surface area contributed by atoms with E-state index >= 15 is 0 Å².